The average molecular weight is 573 g/mol. The van der Waals surface area contributed by atoms with Gasteiger partial charge in [-0.05, 0) is 40.5 Å². The third kappa shape index (κ3) is 10.4. The molecule has 220 valence electrons. The standard InChI is InChI=1S/C34H36O8/c1-4-33(36)41-20-6-18-39-31-17-16-29(23-32(31)40-19-7-21-42-34(37)5-2)30(35)22-25-8-12-27(13-9-25)28-14-10-26(11-15-28)24-38-3/h4-5,8-17,23H,1-2,6-7,18-22,24H2,3H3. The molecule has 0 fully saturated rings. The second-order valence-electron chi connectivity index (χ2n) is 9.24. The van der Waals surface area contributed by atoms with Gasteiger partial charge in [0.25, 0.3) is 0 Å². The second kappa shape index (κ2) is 17.2. The van der Waals surface area contributed by atoms with Crippen LogP contribution in [-0.4, -0.2) is 51.3 Å². The van der Waals surface area contributed by atoms with Crippen molar-refractivity contribution in [3.05, 3.63) is 109 Å². The van der Waals surface area contributed by atoms with Gasteiger partial charge in [0.2, 0.25) is 0 Å². The Bertz CT molecular complexity index is 1340. The number of esters is 2. The molecule has 0 atom stereocenters. The fraction of sp³-hybridized carbons (Fsp3) is 0.265. The molecule has 0 saturated carbocycles. The fourth-order valence-electron chi connectivity index (χ4n) is 3.92. The predicted molar refractivity (Wildman–Crippen MR) is 160 cm³/mol. The first kappa shape index (κ1) is 31.8. The molecule has 0 aliphatic carbocycles. The van der Waals surface area contributed by atoms with Crippen molar-refractivity contribution in [1.82, 2.24) is 0 Å². The summed E-state index contributed by atoms with van der Waals surface area (Å²) >= 11 is 0. The Labute approximate surface area is 246 Å². The van der Waals surface area contributed by atoms with Gasteiger partial charge in [0.1, 0.15) is 0 Å². The molecule has 3 rings (SSSR count). The minimum atomic E-state index is -0.503. The molecule has 0 aliphatic heterocycles. The van der Waals surface area contributed by atoms with E-state index in [1.807, 2.05) is 36.4 Å². The van der Waals surface area contributed by atoms with Crippen molar-refractivity contribution in [2.24, 2.45) is 0 Å². The van der Waals surface area contributed by atoms with Gasteiger partial charge >= 0.3 is 11.9 Å². The van der Waals surface area contributed by atoms with Crippen LogP contribution >= 0.6 is 0 Å². The van der Waals surface area contributed by atoms with E-state index in [1.165, 1.54) is 0 Å². The van der Waals surface area contributed by atoms with Crippen LogP contribution in [0.2, 0.25) is 0 Å². The highest BCUT2D eigenvalue weighted by Gasteiger charge is 2.14. The Hall–Kier alpha value is -4.69. The van der Waals surface area contributed by atoms with Crippen LogP contribution in [-0.2, 0) is 36.8 Å². The highest BCUT2D eigenvalue weighted by molar-refractivity contribution is 5.98. The summed E-state index contributed by atoms with van der Waals surface area (Å²) in [6.45, 7) is 8.16. The lowest BCUT2D eigenvalue weighted by molar-refractivity contribution is -0.138. The summed E-state index contributed by atoms with van der Waals surface area (Å²) in [5, 5.41) is 0. The number of hydrogen-bond donors (Lipinski definition) is 0. The van der Waals surface area contributed by atoms with Crippen molar-refractivity contribution in [3.8, 4) is 22.6 Å². The summed E-state index contributed by atoms with van der Waals surface area (Å²) in [7, 11) is 1.67. The molecule has 0 spiro atoms. The maximum atomic E-state index is 13.2. The molecule has 0 bridgehead atoms. The van der Waals surface area contributed by atoms with Gasteiger partial charge in [-0.3, -0.25) is 4.79 Å². The predicted octanol–water partition coefficient (Wildman–Crippen LogP) is 5.92. The molecule has 0 N–H and O–H groups in total. The molecule has 3 aromatic carbocycles. The van der Waals surface area contributed by atoms with Crippen LogP contribution in [0.15, 0.2) is 92.0 Å². The van der Waals surface area contributed by atoms with E-state index < -0.39 is 11.9 Å². The van der Waals surface area contributed by atoms with Crippen molar-refractivity contribution in [1.29, 1.82) is 0 Å². The number of hydrogen-bond acceptors (Lipinski definition) is 8. The zero-order valence-electron chi connectivity index (χ0n) is 23.8. The van der Waals surface area contributed by atoms with Crippen LogP contribution in [0.1, 0.15) is 34.3 Å². The van der Waals surface area contributed by atoms with Crippen LogP contribution in [0, 0.1) is 0 Å². The minimum Gasteiger partial charge on any atom is -0.490 e. The number of carbonyl (C=O) groups excluding carboxylic acids is 3. The molecule has 42 heavy (non-hydrogen) atoms. The normalized spacial score (nSPS) is 10.4. The van der Waals surface area contributed by atoms with Gasteiger partial charge < -0.3 is 23.7 Å². The molecule has 8 nitrogen and oxygen atoms in total. The third-order valence-corrected chi connectivity index (χ3v) is 6.10. The second-order valence-corrected chi connectivity index (χ2v) is 9.24. The number of ketones is 1. The van der Waals surface area contributed by atoms with E-state index in [2.05, 4.69) is 25.3 Å². The van der Waals surface area contributed by atoms with Crippen LogP contribution in [0.5, 0.6) is 11.5 Å². The van der Waals surface area contributed by atoms with Crippen molar-refractivity contribution < 1.29 is 38.1 Å². The van der Waals surface area contributed by atoms with Gasteiger partial charge in [0.15, 0.2) is 17.3 Å². The lowest BCUT2D eigenvalue weighted by Crippen LogP contribution is -2.10. The van der Waals surface area contributed by atoms with E-state index in [0.29, 0.717) is 36.5 Å². The zero-order chi connectivity index (χ0) is 30.2. The average Bonchev–Trinajstić information content (AvgIpc) is 3.01. The molecule has 3 aromatic rings. The Morgan fingerprint density at radius 3 is 1.71 bits per heavy atom. The Kier molecular flexibility index (Phi) is 13.0. The van der Waals surface area contributed by atoms with E-state index in [9.17, 15) is 14.4 Å². The summed E-state index contributed by atoms with van der Waals surface area (Å²) in [6, 6.07) is 21.1. The molecule has 0 aromatic heterocycles. The summed E-state index contributed by atoms with van der Waals surface area (Å²) in [5.74, 6) is -0.224. The van der Waals surface area contributed by atoms with E-state index >= 15 is 0 Å². The molecule has 0 aliphatic rings. The first-order valence-electron chi connectivity index (χ1n) is 13.6. The summed E-state index contributed by atoms with van der Waals surface area (Å²) < 4.78 is 26.9. The number of methoxy groups -OCH3 is 1. The van der Waals surface area contributed by atoms with Gasteiger partial charge in [0.05, 0.1) is 33.0 Å². The highest BCUT2D eigenvalue weighted by atomic mass is 16.5. The number of rotatable bonds is 18. The maximum absolute atomic E-state index is 13.2. The molecular formula is C34H36O8. The van der Waals surface area contributed by atoms with Crippen molar-refractivity contribution in [2.75, 3.05) is 33.5 Å². The number of carbonyl (C=O) groups is 3. The van der Waals surface area contributed by atoms with Crippen LogP contribution in [0.4, 0.5) is 0 Å². The highest BCUT2D eigenvalue weighted by Crippen LogP contribution is 2.30. The SMILES string of the molecule is C=CC(=O)OCCCOc1ccc(C(=O)Cc2ccc(-c3ccc(COC)cc3)cc2)cc1OCCCOC(=O)C=C. The smallest absolute Gasteiger partial charge is 0.330 e. The molecule has 0 heterocycles. The van der Waals surface area contributed by atoms with Crippen LogP contribution < -0.4 is 9.47 Å². The van der Waals surface area contributed by atoms with Crippen molar-refractivity contribution in [3.63, 3.8) is 0 Å². The monoisotopic (exact) mass is 572 g/mol. The fourth-order valence-corrected chi connectivity index (χ4v) is 3.92. The van der Waals surface area contributed by atoms with E-state index in [4.69, 9.17) is 23.7 Å². The molecular weight excluding hydrogens is 536 g/mol. The Balaban J connectivity index is 1.64. The molecule has 8 heteroatoms. The number of Topliss-reactive ketones (excluding diaryl/α,β-unsaturated/α-hetero) is 1. The first-order chi connectivity index (χ1) is 20.4. The summed E-state index contributed by atoms with van der Waals surface area (Å²) in [5.41, 5.74) is 4.62. The molecule has 0 unspecified atom stereocenters. The number of benzene rings is 3. The first-order valence-corrected chi connectivity index (χ1v) is 13.6. The summed E-state index contributed by atoms with van der Waals surface area (Å²) in [6.07, 6.45) is 3.33. The number of ether oxygens (including phenoxy) is 5. The topological polar surface area (TPSA) is 97.4 Å². The van der Waals surface area contributed by atoms with Crippen LogP contribution in [0.25, 0.3) is 11.1 Å². The van der Waals surface area contributed by atoms with Gasteiger partial charge in [-0.25, -0.2) is 9.59 Å². The molecule has 0 radical (unpaired) electrons. The third-order valence-electron chi connectivity index (χ3n) is 6.10. The van der Waals surface area contributed by atoms with E-state index in [0.717, 1.165) is 34.4 Å². The maximum Gasteiger partial charge on any atom is 0.330 e. The Morgan fingerprint density at radius 2 is 1.19 bits per heavy atom. The lowest BCUT2D eigenvalue weighted by atomic mass is 9.99. The quantitative estimate of drug-likeness (QED) is 0.0802. The lowest BCUT2D eigenvalue weighted by Gasteiger charge is -2.14. The van der Waals surface area contributed by atoms with Gasteiger partial charge in [-0.2, -0.15) is 0 Å². The van der Waals surface area contributed by atoms with Crippen molar-refractivity contribution in [2.45, 2.75) is 25.9 Å². The van der Waals surface area contributed by atoms with E-state index in [1.54, 1.807) is 25.3 Å². The zero-order valence-corrected chi connectivity index (χ0v) is 23.8. The van der Waals surface area contributed by atoms with Crippen LogP contribution in [0.3, 0.4) is 0 Å². The van der Waals surface area contributed by atoms with Crippen molar-refractivity contribution >= 4 is 17.7 Å². The molecule has 0 saturated heterocycles. The Morgan fingerprint density at radius 1 is 0.667 bits per heavy atom. The summed E-state index contributed by atoms with van der Waals surface area (Å²) in [4.78, 5) is 35.6. The van der Waals surface area contributed by atoms with Gasteiger partial charge in [-0.15, -0.1) is 0 Å². The van der Waals surface area contributed by atoms with Gasteiger partial charge in [-0.1, -0.05) is 61.7 Å². The van der Waals surface area contributed by atoms with Gasteiger partial charge in [0, 0.05) is 44.1 Å². The molecule has 0 amide bonds. The van der Waals surface area contributed by atoms with E-state index in [-0.39, 0.29) is 38.6 Å². The minimum absolute atomic E-state index is 0.0701. The largest absolute Gasteiger partial charge is 0.490 e.